The average molecular weight is 280 g/mol. The van der Waals surface area contributed by atoms with Crippen molar-refractivity contribution in [3.05, 3.63) is 24.3 Å². The molecule has 0 saturated heterocycles. The number of benzene rings is 1. The van der Waals surface area contributed by atoms with Crippen LogP contribution in [0.25, 0.3) is 0 Å². The zero-order valence-corrected chi connectivity index (χ0v) is 11.9. The molecule has 1 aromatic rings. The Bertz CT molecular complexity index is 494. The number of carbonyl (C=O) groups excluding carboxylic acids is 1. The van der Waals surface area contributed by atoms with Crippen LogP contribution in [0.3, 0.4) is 0 Å². The molecule has 0 saturated carbocycles. The van der Waals surface area contributed by atoms with Crippen LogP contribution in [0.15, 0.2) is 24.3 Å². The molecule has 0 fully saturated rings. The third-order valence-corrected chi connectivity index (χ3v) is 2.45. The number of nitrogens with zero attached hydrogens (tertiary/aromatic N) is 1. The summed E-state index contributed by atoms with van der Waals surface area (Å²) >= 11 is 0. The van der Waals surface area contributed by atoms with Crippen molar-refractivity contribution < 1.29 is 19.4 Å². The van der Waals surface area contributed by atoms with Crippen LogP contribution >= 0.6 is 0 Å². The molecule has 0 aromatic heterocycles. The summed E-state index contributed by atoms with van der Waals surface area (Å²) < 4.78 is 5.39. The summed E-state index contributed by atoms with van der Waals surface area (Å²) in [7, 11) is 0. The number of carboxylic acid groups (broad SMARTS) is 1. The van der Waals surface area contributed by atoms with Crippen LogP contribution in [0, 0.1) is 0 Å². The third-order valence-electron chi connectivity index (χ3n) is 2.45. The zero-order valence-electron chi connectivity index (χ0n) is 11.9. The fourth-order valence-corrected chi connectivity index (χ4v) is 1.53. The van der Waals surface area contributed by atoms with E-state index in [0.717, 1.165) is 4.90 Å². The van der Waals surface area contributed by atoms with E-state index in [1.165, 1.54) is 0 Å². The molecular weight excluding hydrogens is 260 g/mol. The minimum atomic E-state index is -1.11. The second kappa shape index (κ2) is 6.38. The van der Waals surface area contributed by atoms with Gasteiger partial charge in [0, 0.05) is 0 Å². The van der Waals surface area contributed by atoms with Gasteiger partial charge in [0.05, 0.1) is 17.0 Å². The van der Waals surface area contributed by atoms with Gasteiger partial charge in [0.2, 0.25) is 0 Å². The minimum Gasteiger partial charge on any atom is -0.480 e. The lowest BCUT2D eigenvalue weighted by atomic mass is 10.2. The van der Waals surface area contributed by atoms with Crippen LogP contribution in [0.4, 0.5) is 11.4 Å². The van der Waals surface area contributed by atoms with E-state index >= 15 is 0 Å². The van der Waals surface area contributed by atoms with Gasteiger partial charge >= 0.3 is 5.97 Å². The van der Waals surface area contributed by atoms with Crippen LogP contribution in [-0.2, 0) is 14.3 Å². The molecule has 0 bridgehead atoms. The quantitative estimate of drug-likeness (QED) is 0.797. The lowest BCUT2D eigenvalue weighted by Gasteiger charge is -2.25. The van der Waals surface area contributed by atoms with Crippen LogP contribution in [-0.4, -0.2) is 35.7 Å². The minimum absolute atomic E-state index is 0.203. The molecule has 0 aliphatic heterocycles. The number of anilines is 2. The van der Waals surface area contributed by atoms with Gasteiger partial charge < -0.3 is 15.6 Å². The van der Waals surface area contributed by atoms with Gasteiger partial charge in [-0.1, -0.05) is 12.1 Å². The first-order valence-electron chi connectivity index (χ1n) is 6.21. The van der Waals surface area contributed by atoms with Crippen molar-refractivity contribution >= 4 is 23.3 Å². The van der Waals surface area contributed by atoms with E-state index in [0.29, 0.717) is 11.4 Å². The molecule has 1 aromatic carbocycles. The lowest BCUT2D eigenvalue weighted by Crippen LogP contribution is -2.40. The molecular formula is C14H20N2O4. The second-order valence-electron chi connectivity index (χ2n) is 5.33. The fourth-order valence-electron chi connectivity index (χ4n) is 1.53. The van der Waals surface area contributed by atoms with Crippen molar-refractivity contribution in [3.63, 3.8) is 0 Å². The Hall–Kier alpha value is -2.08. The number of carboxylic acids is 1. The molecule has 6 heteroatoms. The molecule has 1 amide bonds. The number of ether oxygens (including phenoxy) is 1. The van der Waals surface area contributed by atoms with Crippen LogP contribution in [0.5, 0.6) is 0 Å². The number of aliphatic carboxylic acids is 1. The first-order valence-corrected chi connectivity index (χ1v) is 6.21. The molecule has 0 unspecified atom stereocenters. The van der Waals surface area contributed by atoms with E-state index in [9.17, 15) is 9.59 Å². The standard InChI is InChI=1S/C14H20N2O4/c1-14(2,3)20-9-12(17)16(8-13(18)19)11-7-5-4-6-10(11)15/h4-7H,8-9,15H2,1-3H3,(H,18,19). The normalized spacial score (nSPS) is 11.2. The number of hydrogen-bond acceptors (Lipinski definition) is 4. The highest BCUT2D eigenvalue weighted by Crippen LogP contribution is 2.22. The van der Waals surface area contributed by atoms with E-state index in [1.54, 1.807) is 24.3 Å². The van der Waals surface area contributed by atoms with Crippen molar-refractivity contribution in [2.45, 2.75) is 26.4 Å². The Balaban J connectivity index is 2.93. The topological polar surface area (TPSA) is 92.9 Å². The van der Waals surface area contributed by atoms with E-state index in [4.69, 9.17) is 15.6 Å². The Kier molecular flexibility index (Phi) is 5.10. The average Bonchev–Trinajstić information content (AvgIpc) is 2.33. The number of rotatable bonds is 5. The van der Waals surface area contributed by atoms with Gasteiger partial charge in [-0.05, 0) is 32.9 Å². The van der Waals surface area contributed by atoms with Crippen LogP contribution in [0.1, 0.15) is 20.8 Å². The maximum absolute atomic E-state index is 12.2. The van der Waals surface area contributed by atoms with Gasteiger partial charge in [-0.15, -0.1) is 0 Å². The predicted molar refractivity (Wildman–Crippen MR) is 76.5 cm³/mol. The Morgan fingerprint density at radius 2 is 1.90 bits per heavy atom. The summed E-state index contributed by atoms with van der Waals surface area (Å²) in [6.07, 6.45) is 0. The first kappa shape index (κ1) is 16.0. The Morgan fingerprint density at radius 3 is 2.40 bits per heavy atom. The molecule has 1 rings (SSSR count). The Labute approximate surface area is 118 Å². The maximum Gasteiger partial charge on any atom is 0.323 e. The van der Waals surface area contributed by atoms with Crippen LogP contribution < -0.4 is 10.6 Å². The van der Waals surface area contributed by atoms with Crippen molar-refractivity contribution in [2.24, 2.45) is 0 Å². The van der Waals surface area contributed by atoms with Crippen molar-refractivity contribution in [3.8, 4) is 0 Å². The van der Waals surface area contributed by atoms with Gasteiger partial charge in [0.25, 0.3) is 5.91 Å². The number of hydrogen-bond donors (Lipinski definition) is 2. The molecule has 0 aliphatic carbocycles. The van der Waals surface area contributed by atoms with Gasteiger partial charge in [0.15, 0.2) is 0 Å². The largest absolute Gasteiger partial charge is 0.480 e. The van der Waals surface area contributed by atoms with E-state index < -0.39 is 24.0 Å². The predicted octanol–water partition coefficient (Wildman–Crippen LogP) is 1.50. The molecule has 20 heavy (non-hydrogen) atoms. The summed E-state index contributed by atoms with van der Waals surface area (Å²) in [6.45, 7) is 4.79. The third kappa shape index (κ3) is 4.89. The molecule has 0 atom stereocenters. The van der Waals surface area contributed by atoms with E-state index in [2.05, 4.69) is 0 Å². The smallest absolute Gasteiger partial charge is 0.323 e. The maximum atomic E-state index is 12.2. The van der Waals surface area contributed by atoms with E-state index in [1.807, 2.05) is 20.8 Å². The van der Waals surface area contributed by atoms with Crippen molar-refractivity contribution in [1.29, 1.82) is 0 Å². The van der Waals surface area contributed by atoms with Crippen molar-refractivity contribution in [2.75, 3.05) is 23.8 Å². The summed E-state index contributed by atoms with van der Waals surface area (Å²) in [5.74, 6) is -1.56. The lowest BCUT2D eigenvalue weighted by molar-refractivity contribution is -0.137. The second-order valence-corrected chi connectivity index (χ2v) is 5.33. The summed E-state index contributed by atoms with van der Waals surface area (Å²) in [4.78, 5) is 24.2. The number of carbonyl (C=O) groups is 2. The summed E-state index contributed by atoms with van der Waals surface area (Å²) in [5, 5.41) is 8.94. The SMILES string of the molecule is CC(C)(C)OCC(=O)N(CC(=O)O)c1ccccc1N. The number of nitrogen functional groups attached to an aromatic ring is 1. The number of amides is 1. The summed E-state index contributed by atoms with van der Waals surface area (Å²) in [6, 6.07) is 6.63. The van der Waals surface area contributed by atoms with Gasteiger partial charge in [0.1, 0.15) is 13.2 Å². The van der Waals surface area contributed by atoms with E-state index in [-0.39, 0.29) is 6.61 Å². The fraction of sp³-hybridized carbons (Fsp3) is 0.429. The number of nitrogens with two attached hydrogens (primary N) is 1. The van der Waals surface area contributed by atoms with Crippen molar-refractivity contribution in [1.82, 2.24) is 0 Å². The first-order chi connectivity index (χ1) is 9.20. The molecule has 0 radical (unpaired) electrons. The number of para-hydroxylation sites is 2. The highest BCUT2D eigenvalue weighted by atomic mass is 16.5. The molecule has 6 nitrogen and oxygen atoms in total. The Morgan fingerprint density at radius 1 is 1.30 bits per heavy atom. The monoisotopic (exact) mass is 280 g/mol. The molecule has 3 N–H and O–H groups in total. The molecule has 0 aliphatic rings. The highest BCUT2D eigenvalue weighted by Gasteiger charge is 2.22. The molecule has 0 spiro atoms. The van der Waals surface area contributed by atoms with Crippen LogP contribution in [0.2, 0.25) is 0 Å². The summed E-state index contributed by atoms with van der Waals surface area (Å²) in [5.41, 5.74) is 6.03. The highest BCUT2D eigenvalue weighted by molar-refractivity contribution is 6.00. The van der Waals surface area contributed by atoms with Gasteiger partial charge in [-0.25, -0.2) is 0 Å². The van der Waals surface area contributed by atoms with Gasteiger partial charge in [-0.2, -0.15) is 0 Å². The molecule has 0 heterocycles. The van der Waals surface area contributed by atoms with Gasteiger partial charge in [-0.3, -0.25) is 14.5 Å². The molecule has 110 valence electrons. The zero-order chi connectivity index (χ0) is 15.3.